The number of nitrogens with one attached hydrogen (secondary N) is 1. The zero-order valence-electron chi connectivity index (χ0n) is 13.3. The van der Waals surface area contributed by atoms with Crippen LogP contribution in [0.15, 0.2) is 54.6 Å². The molecule has 3 heteroatoms. The van der Waals surface area contributed by atoms with Crippen LogP contribution in [0.2, 0.25) is 0 Å². The first kappa shape index (κ1) is 15.6. The van der Waals surface area contributed by atoms with Gasteiger partial charge in [-0.05, 0) is 36.1 Å². The lowest BCUT2D eigenvalue weighted by molar-refractivity contribution is -0.124. The largest absolute Gasteiger partial charge is 0.489 e. The molecular formula is C20H23NO2. The highest BCUT2D eigenvalue weighted by atomic mass is 16.5. The zero-order valence-corrected chi connectivity index (χ0v) is 13.3. The maximum absolute atomic E-state index is 12.2. The van der Waals surface area contributed by atoms with Crippen LogP contribution in [-0.2, 0) is 17.9 Å². The Kier molecular flexibility index (Phi) is 5.30. The Balaban J connectivity index is 1.58. The standard InChI is InChI=1S/C20H23NO2/c22-20(16-8-4-5-9-16)21-14-17-10-6-7-11-18(17)15-23-19-12-2-1-3-13-19/h1-3,6-7,10-13,16H,4-5,8-9,14-15H2,(H,21,22). The molecule has 1 amide bonds. The number of carbonyl (C=O) groups is 1. The van der Waals surface area contributed by atoms with Crippen LogP contribution in [0.3, 0.4) is 0 Å². The topological polar surface area (TPSA) is 38.3 Å². The number of hydrogen-bond donors (Lipinski definition) is 1. The van der Waals surface area contributed by atoms with Crippen LogP contribution < -0.4 is 10.1 Å². The smallest absolute Gasteiger partial charge is 0.223 e. The van der Waals surface area contributed by atoms with Crippen molar-refractivity contribution in [2.24, 2.45) is 5.92 Å². The van der Waals surface area contributed by atoms with Crippen LogP contribution in [0.4, 0.5) is 0 Å². The number of benzene rings is 2. The van der Waals surface area contributed by atoms with Crippen molar-refractivity contribution in [3.05, 3.63) is 65.7 Å². The molecule has 3 nitrogen and oxygen atoms in total. The van der Waals surface area contributed by atoms with Crippen molar-refractivity contribution < 1.29 is 9.53 Å². The van der Waals surface area contributed by atoms with Crippen molar-refractivity contribution in [1.82, 2.24) is 5.32 Å². The number of rotatable bonds is 6. The van der Waals surface area contributed by atoms with E-state index in [0.717, 1.165) is 29.7 Å². The predicted molar refractivity (Wildman–Crippen MR) is 91.0 cm³/mol. The van der Waals surface area contributed by atoms with Crippen molar-refractivity contribution in [3.63, 3.8) is 0 Å². The third kappa shape index (κ3) is 4.35. The van der Waals surface area contributed by atoms with Gasteiger partial charge < -0.3 is 10.1 Å². The maximum Gasteiger partial charge on any atom is 0.223 e. The monoisotopic (exact) mass is 309 g/mol. The summed E-state index contributed by atoms with van der Waals surface area (Å²) in [6.07, 6.45) is 4.42. The van der Waals surface area contributed by atoms with E-state index in [-0.39, 0.29) is 11.8 Å². The third-order valence-electron chi connectivity index (χ3n) is 4.43. The molecule has 0 saturated heterocycles. The summed E-state index contributed by atoms with van der Waals surface area (Å²) in [5, 5.41) is 3.08. The van der Waals surface area contributed by atoms with Gasteiger partial charge in [0.25, 0.3) is 0 Å². The molecule has 0 heterocycles. The molecule has 0 aliphatic heterocycles. The first-order valence-corrected chi connectivity index (χ1v) is 8.35. The average molecular weight is 309 g/mol. The van der Waals surface area contributed by atoms with Crippen molar-refractivity contribution in [2.75, 3.05) is 0 Å². The molecule has 2 aromatic carbocycles. The number of para-hydroxylation sites is 1. The summed E-state index contributed by atoms with van der Waals surface area (Å²) in [7, 11) is 0. The lowest BCUT2D eigenvalue weighted by Crippen LogP contribution is -2.29. The molecule has 3 rings (SSSR count). The molecule has 120 valence electrons. The molecule has 0 atom stereocenters. The van der Waals surface area contributed by atoms with E-state index < -0.39 is 0 Å². The van der Waals surface area contributed by atoms with E-state index in [4.69, 9.17) is 4.74 Å². The average Bonchev–Trinajstić information content (AvgIpc) is 3.14. The fourth-order valence-electron chi connectivity index (χ4n) is 3.06. The second kappa shape index (κ2) is 7.82. The Labute approximate surface area is 137 Å². The number of amides is 1. The van der Waals surface area contributed by atoms with Gasteiger partial charge in [-0.2, -0.15) is 0 Å². The molecule has 1 N–H and O–H groups in total. The predicted octanol–water partition coefficient (Wildman–Crippen LogP) is 4.07. The molecular weight excluding hydrogens is 286 g/mol. The first-order chi connectivity index (χ1) is 11.3. The molecule has 1 fully saturated rings. The molecule has 2 aromatic rings. The van der Waals surface area contributed by atoms with Gasteiger partial charge in [-0.25, -0.2) is 0 Å². The van der Waals surface area contributed by atoms with Crippen molar-refractivity contribution in [2.45, 2.75) is 38.8 Å². The summed E-state index contributed by atoms with van der Waals surface area (Å²) < 4.78 is 5.83. The molecule has 0 unspecified atom stereocenters. The molecule has 23 heavy (non-hydrogen) atoms. The molecule has 1 aliphatic carbocycles. The van der Waals surface area contributed by atoms with Crippen LogP contribution in [0.1, 0.15) is 36.8 Å². The summed E-state index contributed by atoms with van der Waals surface area (Å²) in [5.74, 6) is 1.27. The van der Waals surface area contributed by atoms with Gasteiger partial charge in [-0.15, -0.1) is 0 Å². The Bertz CT molecular complexity index is 633. The van der Waals surface area contributed by atoms with Crippen LogP contribution >= 0.6 is 0 Å². The van der Waals surface area contributed by atoms with E-state index in [2.05, 4.69) is 17.4 Å². The SMILES string of the molecule is O=C(NCc1ccccc1COc1ccccc1)C1CCCC1. The summed E-state index contributed by atoms with van der Waals surface area (Å²) in [5.41, 5.74) is 2.23. The maximum atomic E-state index is 12.2. The Morgan fingerprint density at radius 2 is 1.61 bits per heavy atom. The van der Waals surface area contributed by atoms with Crippen LogP contribution in [0.25, 0.3) is 0 Å². The molecule has 0 aromatic heterocycles. The van der Waals surface area contributed by atoms with Gasteiger partial charge >= 0.3 is 0 Å². The normalized spacial score (nSPS) is 14.6. The Morgan fingerprint density at radius 3 is 2.35 bits per heavy atom. The third-order valence-corrected chi connectivity index (χ3v) is 4.43. The van der Waals surface area contributed by atoms with E-state index in [1.54, 1.807) is 0 Å². The van der Waals surface area contributed by atoms with Gasteiger partial charge in [0.2, 0.25) is 5.91 Å². The van der Waals surface area contributed by atoms with Crippen molar-refractivity contribution >= 4 is 5.91 Å². The van der Waals surface area contributed by atoms with E-state index in [0.29, 0.717) is 13.2 Å². The molecule has 0 radical (unpaired) electrons. The van der Waals surface area contributed by atoms with Gasteiger partial charge in [0, 0.05) is 12.5 Å². The molecule has 1 aliphatic rings. The number of hydrogen-bond acceptors (Lipinski definition) is 2. The Morgan fingerprint density at radius 1 is 0.957 bits per heavy atom. The van der Waals surface area contributed by atoms with Crippen molar-refractivity contribution in [1.29, 1.82) is 0 Å². The quantitative estimate of drug-likeness (QED) is 0.873. The summed E-state index contributed by atoms with van der Waals surface area (Å²) in [6.45, 7) is 1.09. The van der Waals surface area contributed by atoms with E-state index in [1.807, 2.05) is 42.5 Å². The number of ether oxygens (including phenoxy) is 1. The second-order valence-electron chi connectivity index (χ2n) is 6.07. The number of carbonyl (C=O) groups excluding carboxylic acids is 1. The van der Waals surface area contributed by atoms with Gasteiger partial charge in [-0.1, -0.05) is 55.3 Å². The van der Waals surface area contributed by atoms with E-state index in [1.165, 1.54) is 12.8 Å². The van der Waals surface area contributed by atoms with Crippen LogP contribution in [-0.4, -0.2) is 5.91 Å². The fourth-order valence-corrected chi connectivity index (χ4v) is 3.06. The summed E-state index contributed by atoms with van der Waals surface area (Å²) >= 11 is 0. The minimum atomic E-state index is 0.196. The lowest BCUT2D eigenvalue weighted by Gasteiger charge is -2.14. The minimum Gasteiger partial charge on any atom is -0.489 e. The first-order valence-electron chi connectivity index (χ1n) is 8.35. The molecule has 0 spiro atoms. The lowest BCUT2D eigenvalue weighted by atomic mass is 10.1. The fraction of sp³-hybridized carbons (Fsp3) is 0.350. The van der Waals surface area contributed by atoms with E-state index >= 15 is 0 Å². The van der Waals surface area contributed by atoms with E-state index in [9.17, 15) is 4.79 Å². The highest BCUT2D eigenvalue weighted by Crippen LogP contribution is 2.24. The van der Waals surface area contributed by atoms with Crippen LogP contribution in [0.5, 0.6) is 5.75 Å². The second-order valence-corrected chi connectivity index (χ2v) is 6.07. The van der Waals surface area contributed by atoms with Gasteiger partial charge in [0.1, 0.15) is 12.4 Å². The summed E-state index contributed by atoms with van der Waals surface area (Å²) in [6, 6.07) is 17.9. The molecule has 1 saturated carbocycles. The highest BCUT2D eigenvalue weighted by Gasteiger charge is 2.22. The van der Waals surface area contributed by atoms with Gasteiger partial charge in [-0.3, -0.25) is 4.79 Å². The van der Waals surface area contributed by atoms with Crippen molar-refractivity contribution in [3.8, 4) is 5.75 Å². The Hall–Kier alpha value is -2.29. The summed E-state index contributed by atoms with van der Waals surface area (Å²) in [4.78, 5) is 12.2. The molecule has 0 bridgehead atoms. The van der Waals surface area contributed by atoms with Crippen LogP contribution in [0, 0.1) is 5.92 Å². The highest BCUT2D eigenvalue weighted by molar-refractivity contribution is 5.78. The van der Waals surface area contributed by atoms with Gasteiger partial charge in [0.15, 0.2) is 0 Å². The zero-order chi connectivity index (χ0) is 15.9. The van der Waals surface area contributed by atoms with Gasteiger partial charge in [0.05, 0.1) is 0 Å². The minimum absolute atomic E-state index is 0.196.